The van der Waals surface area contributed by atoms with E-state index in [1.165, 1.54) is 28.9 Å². The van der Waals surface area contributed by atoms with E-state index in [4.69, 9.17) is 0 Å². The smallest absolute Gasteiger partial charge is 0.335 e. The Kier molecular flexibility index (Phi) is 8.98. The zero-order valence-electron chi connectivity index (χ0n) is 24.9. The van der Waals surface area contributed by atoms with Gasteiger partial charge in [0.15, 0.2) is 11.6 Å². The maximum atomic E-state index is 13.8. The Hall–Kier alpha value is -5.18. The summed E-state index contributed by atoms with van der Waals surface area (Å²) in [6.45, 7) is 1.84. The molecule has 240 valence electrons. The highest BCUT2D eigenvalue weighted by Gasteiger charge is 2.30. The molecule has 1 unspecified atom stereocenters. The second-order valence-corrected chi connectivity index (χ2v) is 12.2. The van der Waals surface area contributed by atoms with E-state index in [0.717, 1.165) is 28.8 Å². The highest BCUT2D eigenvalue weighted by atomic mass is 32.2. The van der Waals surface area contributed by atoms with Crippen LogP contribution in [0.3, 0.4) is 0 Å². The van der Waals surface area contributed by atoms with E-state index in [0.29, 0.717) is 24.0 Å². The van der Waals surface area contributed by atoms with Crippen LogP contribution in [0.4, 0.5) is 8.78 Å². The predicted octanol–water partition coefficient (Wildman–Crippen LogP) is 4.17. The lowest BCUT2D eigenvalue weighted by Crippen LogP contribution is -2.31. The van der Waals surface area contributed by atoms with Gasteiger partial charge in [0, 0.05) is 12.6 Å². The topological polar surface area (TPSA) is 161 Å². The van der Waals surface area contributed by atoms with Crippen molar-refractivity contribution in [2.45, 2.75) is 43.8 Å². The van der Waals surface area contributed by atoms with Crippen LogP contribution in [-0.2, 0) is 30.9 Å². The Labute approximate surface area is 270 Å². The molecule has 0 fully saturated rings. The Balaban J connectivity index is 1.31. The third-order valence-corrected chi connectivity index (χ3v) is 9.11. The number of amides is 2. The first-order valence-electron chi connectivity index (χ1n) is 14.6. The summed E-state index contributed by atoms with van der Waals surface area (Å²) in [6.07, 6.45) is 2.39. The van der Waals surface area contributed by atoms with E-state index >= 15 is 0 Å². The molecule has 3 aromatic carbocycles. The number of carbonyl (C=O) groups excluding carboxylic acids is 2. The first-order chi connectivity index (χ1) is 22.6. The van der Waals surface area contributed by atoms with Crippen molar-refractivity contribution < 1.29 is 32.8 Å². The zero-order chi connectivity index (χ0) is 33.2. The van der Waals surface area contributed by atoms with Crippen LogP contribution in [0.15, 0.2) is 77.8 Å². The molecule has 14 heteroatoms. The molecule has 0 saturated heterocycles. The number of carboxylic acid groups (broad SMARTS) is 1. The quantitative estimate of drug-likeness (QED) is 0.163. The number of rotatable bonds is 10. The van der Waals surface area contributed by atoms with Gasteiger partial charge in [0.2, 0.25) is 10.5 Å². The van der Waals surface area contributed by atoms with E-state index in [1.54, 1.807) is 13.0 Å². The summed E-state index contributed by atoms with van der Waals surface area (Å²) in [5.41, 5.74) is 3.41. The van der Waals surface area contributed by atoms with E-state index in [2.05, 4.69) is 25.4 Å². The number of benzene rings is 3. The summed E-state index contributed by atoms with van der Waals surface area (Å²) in [6, 6.07) is 16.5. The monoisotopic (exact) mass is 658 g/mol. The molecule has 5 aromatic rings. The number of carboxylic acids is 1. The molecule has 0 aliphatic heterocycles. The molecule has 2 heterocycles. The maximum Gasteiger partial charge on any atom is 0.335 e. The van der Waals surface area contributed by atoms with Crippen molar-refractivity contribution in [2.24, 2.45) is 0 Å². The van der Waals surface area contributed by atoms with Crippen LogP contribution in [0.1, 0.15) is 71.6 Å². The van der Waals surface area contributed by atoms with Gasteiger partial charge < -0.3 is 20.3 Å². The number of carbonyl (C=O) groups is 3. The highest BCUT2D eigenvalue weighted by Crippen LogP contribution is 2.35. The lowest BCUT2D eigenvalue weighted by molar-refractivity contribution is 0.0695. The first kappa shape index (κ1) is 31.8. The number of halogens is 2. The summed E-state index contributed by atoms with van der Waals surface area (Å²) in [4.78, 5) is 43.2. The van der Waals surface area contributed by atoms with Gasteiger partial charge in [-0.05, 0) is 65.8 Å². The Morgan fingerprint density at radius 2 is 1.79 bits per heavy atom. The van der Waals surface area contributed by atoms with Crippen LogP contribution in [0.2, 0.25) is 0 Å². The van der Waals surface area contributed by atoms with Crippen LogP contribution in [0.5, 0.6) is 0 Å². The van der Waals surface area contributed by atoms with Gasteiger partial charge in [-0.2, -0.15) is 5.10 Å². The summed E-state index contributed by atoms with van der Waals surface area (Å²) in [7, 11) is 0. The van der Waals surface area contributed by atoms with Crippen LogP contribution in [0, 0.1) is 18.6 Å². The molecule has 1 aliphatic carbocycles. The largest absolute Gasteiger partial charge is 0.593 e. The number of aromatic carboxylic acids is 1. The van der Waals surface area contributed by atoms with Gasteiger partial charge in [0.05, 0.1) is 29.5 Å². The van der Waals surface area contributed by atoms with Crippen LogP contribution >= 0.6 is 0 Å². The fraction of sp³-hybridized carbons (Fsp3) is 0.182. The Morgan fingerprint density at radius 1 is 1.00 bits per heavy atom. The SMILES string of the molecule is Cc1c(C(=O)O)ccc2c1CC[C@@H]2NC(=O)c1cc(C(=O)NCc2ccc(F)c(F)c2)nc2c([S+]([O-])NCc3ccccc3)cnn12. The van der Waals surface area contributed by atoms with Crippen molar-refractivity contribution in [2.75, 3.05) is 0 Å². The third-order valence-electron chi connectivity index (χ3n) is 8.02. The number of fused-ring (bicyclic) bond motifs is 2. The number of hydrogen-bond donors (Lipinski definition) is 4. The molecule has 2 aromatic heterocycles. The van der Waals surface area contributed by atoms with Crippen molar-refractivity contribution in [3.63, 3.8) is 0 Å². The first-order valence-corrected chi connectivity index (χ1v) is 15.7. The summed E-state index contributed by atoms with van der Waals surface area (Å²) in [5, 5.41) is 19.3. The molecular formula is C33H28F2N6O5S. The van der Waals surface area contributed by atoms with Crippen molar-refractivity contribution >= 4 is 34.8 Å². The second-order valence-electron chi connectivity index (χ2n) is 11.0. The molecule has 2 atom stereocenters. The van der Waals surface area contributed by atoms with Gasteiger partial charge >= 0.3 is 5.97 Å². The lowest BCUT2D eigenvalue weighted by atomic mass is 9.98. The van der Waals surface area contributed by atoms with Crippen molar-refractivity contribution in [3.05, 3.63) is 129 Å². The number of hydrogen-bond acceptors (Lipinski definition) is 7. The second kappa shape index (κ2) is 13.3. The molecule has 0 saturated carbocycles. The Morgan fingerprint density at radius 3 is 2.53 bits per heavy atom. The molecule has 6 rings (SSSR count). The van der Waals surface area contributed by atoms with Gasteiger partial charge in [0.25, 0.3) is 11.8 Å². The van der Waals surface area contributed by atoms with Gasteiger partial charge in [0.1, 0.15) is 17.6 Å². The average molecular weight is 659 g/mol. The van der Waals surface area contributed by atoms with Crippen LogP contribution in [-0.4, -0.2) is 42.0 Å². The van der Waals surface area contributed by atoms with Gasteiger partial charge in [-0.3, -0.25) is 9.59 Å². The minimum atomic E-state index is -1.84. The number of nitrogens with zero attached hydrogens (tertiary/aromatic N) is 3. The van der Waals surface area contributed by atoms with E-state index in [1.807, 2.05) is 30.3 Å². The average Bonchev–Trinajstić information content (AvgIpc) is 3.69. The van der Waals surface area contributed by atoms with Crippen LogP contribution < -0.4 is 15.4 Å². The number of nitrogens with one attached hydrogen (secondary N) is 3. The molecule has 2 amide bonds. The van der Waals surface area contributed by atoms with E-state index in [-0.39, 0.29) is 40.6 Å². The third kappa shape index (κ3) is 6.56. The number of aromatic nitrogens is 3. The summed E-state index contributed by atoms with van der Waals surface area (Å²) >= 11 is -1.84. The Bertz CT molecular complexity index is 2020. The zero-order valence-corrected chi connectivity index (χ0v) is 25.7. The molecule has 0 radical (unpaired) electrons. The van der Waals surface area contributed by atoms with Gasteiger partial charge in [-0.15, -0.1) is 4.72 Å². The molecule has 0 spiro atoms. The molecular weight excluding hydrogens is 630 g/mol. The summed E-state index contributed by atoms with van der Waals surface area (Å²) in [5.74, 6) is -4.43. The summed E-state index contributed by atoms with van der Waals surface area (Å²) < 4.78 is 44.6. The van der Waals surface area contributed by atoms with Gasteiger partial charge in [-0.25, -0.2) is 23.1 Å². The standard InChI is InChI=1S/C33H28F2N6O5S/c1-18-21-10-12-26(23(21)9-8-22(18)33(44)45)40-32(43)28-14-27(31(42)36-15-20-7-11-24(34)25(35)13-20)39-30-29(17-37-41(28)30)47(46)38-16-19-5-3-2-4-6-19/h2-9,11,13-14,17,26,38H,10,12,15-16H2,1H3,(H,36,42)(H,40,43)(H,44,45)/t26-,47?/m0/s1. The molecule has 1 aliphatic rings. The normalized spacial score (nSPS) is 14.5. The molecule has 47 heavy (non-hydrogen) atoms. The van der Waals surface area contributed by atoms with Gasteiger partial charge in [-0.1, -0.05) is 42.5 Å². The van der Waals surface area contributed by atoms with E-state index < -0.39 is 46.8 Å². The molecule has 4 N–H and O–H groups in total. The highest BCUT2D eigenvalue weighted by molar-refractivity contribution is 7.89. The maximum absolute atomic E-state index is 13.8. The minimum absolute atomic E-state index is 0.00304. The fourth-order valence-electron chi connectivity index (χ4n) is 5.59. The minimum Gasteiger partial charge on any atom is -0.593 e. The molecule has 0 bridgehead atoms. The van der Waals surface area contributed by atoms with Crippen molar-refractivity contribution in [1.29, 1.82) is 0 Å². The lowest BCUT2D eigenvalue weighted by Gasteiger charge is -2.16. The van der Waals surface area contributed by atoms with Crippen molar-refractivity contribution in [1.82, 2.24) is 30.0 Å². The van der Waals surface area contributed by atoms with Crippen LogP contribution in [0.25, 0.3) is 5.65 Å². The van der Waals surface area contributed by atoms with Crippen molar-refractivity contribution in [3.8, 4) is 0 Å². The van der Waals surface area contributed by atoms with E-state index in [9.17, 15) is 32.8 Å². The fourth-order valence-corrected chi connectivity index (χ4v) is 6.48. The molecule has 11 nitrogen and oxygen atoms in total. The predicted molar refractivity (Wildman–Crippen MR) is 167 cm³/mol.